The van der Waals surface area contributed by atoms with Gasteiger partial charge in [-0.25, -0.2) is 0 Å². The molecule has 0 heterocycles. The summed E-state index contributed by atoms with van der Waals surface area (Å²) in [5.41, 5.74) is 0. The van der Waals surface area contributed by atoms with Crippen LogP contribution < -0.4 is 0 Å². The fourth-order valence-electron chi connectivity index (χ4n) is 0.633. The number of hydrogen-bond donors (Lipinski definition) is 1. The van der Waals surface area contributed by atoms with Gasteiger partial charge in [-0.2, -0.15) is 0 Å². The summed E-state index contributed by atoms with van der Waals surface area (Å²) in [5.74, 6) is 0.632. The van der Waals surface area contributed by atoms with Crippen molar-refractivity contribution in [1.82, 2.24) is 4.90 Å². The first-order valence-corrected chi connectivity index (χ1v) is 3.22. The summed E-state index contributed by atoms with van der Waals surface area (Å²) in [6.07, 6.45) is 2.46. The number of nitrogens with one attached hydrogen (secondary N) is 1. The van der Waals surface area contributed by atoms with Crippen molar-refractivity contribution in [3.63, 3.8) is 0 Å². The molecule has 9 heavy (non-hydrogen) atoms. The minimum Gasteiger partial charge on any atom is -0.338 e. The lowest BCUT2D eigenvalue weighted by Crippen LogP contribution is -2.22. The number of hydrogen-bond acceptors (Lipinski definition) is 1. The van der Waals surface area contributed by atoms with E-state index in [-0.39, 0.29) is 0 Å². The molecule has 1 N–H and O–H groups in total. The highest BCUT2D eigenvalue weighted by atomic mass is 15.1. The van der Waals surface area contributed by atoms with Crippen molar-refractivity contribution >= 4 is 5.84 Å². The zero-order valence-electron chi connectivity index (χ0n) is 6.15. The Morgan fingerprint density at radius 3 is 2.33 bits per heavy atom. The predicted molar refractivity (Wildman–Crippen MR) is 40.6 cm³/mol. The average molecular weight is 126 g/mol. The van der Waals surface area contributed by atoms with Gasteiger partial charge in [0, 0.05) is 13.0 Å². The first-order chi connectivity index (χ1) is 4.26. The molecule has 0 aromatic heterocycles. The lowest BCUT2D eigenvalue weighted by Gasteiger charge is -2.16. The van der Waals surface area contributed by atoms with Gasteiger partial charge in [0.1, 0.15) is 0 Å². The third-order valence-electron chi connectivity index (χ3n) is 1.24. The van der Waals surface area contributed by atoms with Gasteiger partial charge >= 0.3 is 0 Å². The van der Waals surface area contributed by atoms with E-state index < -0.39 is 0 Å². The van der Waals surface area contributed by atoms with Crippen LogP contribution in [0.2, 0.25) is 0 Å². The normalized spacial score (nSPS) is 8.67. The first kappa shape index (κ1) is 8.21. The molecule has 0 aromatic carbocycles. The second kappa shape index (κ2) is 4.13. The summed E-state index contributed by atoms with van der Waals surface area (Å²) in [5, 5.41) is 7.35. The Kier molecular flexibility index (Phi) is 3.76. The van der Waals surface area contributed by atoms with Crippen LogP contribution in [0.1, 0.15) is 20.3 Å². The predicted octanol–water partition coefficient (Wildman–Crippen LogP) is 1.84. The minimum atomic E-state index is 0.632. The van der Waals surface area contributed by atoms with Gasteiger partial charge in [0.15, 0.2) is 0 Å². The topological polar surface area (TPSA) is 27.1 Å². The van der Waals surface area contributed by atoms with Crippen LogP contribution in [-0.4, -0.2) is 17.3 Å². The molecule has 0 aliphatic heterocycles. The van der Waals surface area contributed by atoms with Crippen LogP contribution in [0.5, 0.6) is 0 Å². The Hall–Kier alpha value is -0.790. The minimum absolute atomic E-state index is 0.632. The smallest absolute Gasteiger partial charge is 0.0994 e. The van der Waals surface area contributed by atoms with Gasteiger partial charge in [-0.15, -0.1) is 0 Å². The van der Waals surface area contributed by atoms with E-state index in [1.807, 2.05) is 18.7 Å². The van der Waals surface area contributed by atoms with Crippen LogP contribution in [0.15, 0.2) is 12.8 Å². The molecule has 0 aliphatic carbocycles. The van der Waals surface area contributed by atoms with Crippen molar-refractivity contribution in [2.45, 2.75) is 20.3 Å². The van der Waals surface area contributed by atoms with Crippen molar-refractivity contribution < 1.29 is 0 Å². The monoisotopic (exact) mass is 126 g/mol. The van der Waals surface area contributed by atoms with Crippen LogP contribution in [0.4, 0.5) is 0 Å². The Morgan fingerprint density at radius 2 is 2.22 bits per heavy atom. The molecule has 0 amide bonds. The lowest BCUT2D eigenvalue weighted by molar-refractivity contribution is 0.574. The number of rotatable bonds is 3. The van der Waals surface area contributed by atoms with Gasteiger partial charge < -0.3 is 4.90 Å². The van der Waals surface area contributed by atoms with E-state index in [0.717, 1.165) is 13.0 Å². The first-order valence-electron chi connectivity index (χ1n) is 3.22. The Labute approximate surface area is 56.7 Å². The van der Waals surface area contributed by atoms with Crippen LogP contribution in [0.25, 0.3) is 0 Å². The highest BCUT2D eigenvalue weighted by Gasteiger charge is 1.97. The van der Waals surface area contributed by atoms with Gasteiger partial charge in [0.05, 0.1) is 5.84 Å². The zero-order valence-corrected chi connectivity index (χ0v) is 6.15. The molecule has 0 aliphatic rings. The molecule has 0 bridgehead atoms. The molecular weight excluding hydrogens is 112 g/mol. The van der Waals surface area contributed by atoms with Gasteiger partial charge in [0.25, 0.3) is 0 Å². The highest BCUT2D eigenvalue weighted by Crippen LogP contribution is 1.92. The average Bonchev–Trinajstić information content (AvgIpc) is 1.90. The Morgan fingerprint density at radius 1 is 1.67 bits per heavy atom. The third kappa shape index (κ3) is 2.31. The van der Waals surface area contributed by atoms with E-state index in [4.69, 9.17) is 5.41 Å². The third-order valence-corrected chi connectivity index (χ3v) is 1.24. The molecule has 0 fully saturated rings. The summed E-state index contributed by atoms with van der Waals surface area (Å²) in [4.78, 5) is 1.82. The van der Waals surface area contributed by atoms with Gasteiger partial charge in [-0.05, 0) is 13.1 Å². The second-order valence-electron chi connectivity index (χ2n) is 1.77. The summed E-state index contributed by atoms with van der Waals surface area (Å²) >= 11 is 0. The van der Waals surface area contributed by atoms with E-state index in [1.54, 1.807) is 6.20 Å². The van der Waals surface area contributed by atoms with Crippen LogP contribution in [-0.2, 0) is 0 Å². The standard InChI is InChI=1S/C7H14N2/c1-4-7(8)9(5-2)6-3/h5,8H,2,4,6H2,1,3H3. The molecule has 0 unspecified atom stereocenters. The molecule has 52 valence electrons. The molecule has 0 radical (unpaired) electrons. The maximum absolute atomic E-state index is 7.35. The molecule has 0 spiro atoms. The highest BCUT2D eigenvalue weighted by molar-refractivity contribution is 5.79. The van der Waals surface area contributed by atoms with Crippen LogP contribution >= 0.6 is 0 Å². The lowest BCUT2D eigenvalue weighted by atomic mass is 10.4. The van der Waals surface area contributed by atoms with Crippen LogP contribution in [0, 0.1) is 5.41 Å². The molecule has 0 saturated heterocycles. The quantitative estimate of drug-likeness (QED) is 0.453. The number of nitrogens with zero attached hydrogens (tertiary/aromatic N) is 1. The van der Waals surface area contributed by atoms with Crippen molar-refractivity contribution in [3.05, 3.63) is 12.8 Å². The Bertz CT molecular complexity index is 107. The van der Waals surface area contributed by atoms with E-state index in [9.17, 15) is 0 Å². The SMILES string of the molecule is C=CN(CC)C(=N)CC. The van der Waals surface area contributed by atoms with Gasteiger partial charge in [-0.3, -0.25) is 5.41 Å². The molecule has 0 saturated carbocycles. The summed E-state index contributed by atoms with van der Waals surface area (Å²) in [7, 11) is 0. The van der Waals surface area contributed by atoms with Crippen molar-refractivity contribution in [2.24, 2.45) is 0 Å². The molecule has 0 aromatic rings. The van der Waals surface area contributed by atoms with Gasteiger partial charge in [0.2, 0.25) is 0 Å². The summed E-state index contributed by atoms with van der Waals surface area (Å²) < 4.78 is 0. The molecule has 2 heteroatoms. The molecule has 0 rings (SSSR count). The molecular formula is C7H14N2. The van der Waals surface area contributed by atoms with Crippen molar-refractivity contribution in [1.29, 1.82) is 5.41 Å². The molecule has 2 nitrogen and oxygen atoms in total. The maximum atomic E-state index is 7.35. The molecule has 0 atom stereocenters. The fourth-order valence-corrected chi connectivity index (χ4v) is 0.633. The van der Waals surface area contributed by atoms with E-state index in [2.05, 4.69) is 6.58 Å². The van der Waals surface area contributed by atoms with Crippen molar-refractivity contribution in [3.8, 4) is 0 Å². The maximum Gasteiger partial charge on any atom is 0.0994 e. The Balaban J connectivity index is 3.78. The summed E-state index contributed by atoms with van der Waals surface area (Å²) in [6.45, 7) is 8.40. The number of amidine groups is 1. The zero-order chi connectivity index (χ0) is 7.28. The largest absolute Gasteiger partial charge is 0.338 e. The van der Waals surface area contributed by atoms with E-state index in [1.165, 1.54) is 0 Å². The van der Waals surface area contributed by atoms with Gasteiger partial charge in [-0.1, -0.05) is 13.5 Å². The second-order valence-corrected chi connectivity index (χ2v) is 1.77. The van der Waals surface area contributed by atoms with Crippen molar-refractivity contribution in [2.75, 3.05) is 6.54 Å². The van der Waals surface area contributed by atoms with Crippen LogP contribution in [0.3, 0.4) is 0 Å². The van der Waals surface area contributed by atoms with E-state index in [0.29, 0.717) is 5.84 Å². The summed E-state index contributed by atoms with van der Waals surface area (Å²) in [6, 6.07) is 0. The fraction of sp³-hybridized carbons (Fsp3) is 0.571. The van der Waals surface area contributed by atoms with E-state index >= 15 is 0 Å².